The largest absolute Gasteiger partial charge is 0.361 e. The number of aromatic nitrogens is 1. The highest BCUT2D eigenvalue weighted by molar-refractivity contribution is 7.10. The zero-order chi connectivity index (χ0) is 16.1. The number of para-hydroxylation sites is 1. The smallest absolute Gasteiger partial charge is 0.315 e. The van der Waals surface area contributed by atoms with E-state index in [9.17, 15) is 4.79 Å². The third-order valence-corrected chi connectivity index (χ3v) is 4.74. The summed E-state index contributed by atoms with van der Waals surface area (Å²) in [6.45, 7) is 4.61. The van der Waals surface area contributed by atoms with E-state index in [2.05, 4.69) is 45.8 Å². The highest BCUT2D eigenvalue weighted by Crippen LogP contribution is 2.32. The minimum Gasteiger partial charge on any atom is -0.361 e. The number of urea groups is 1. The second kappa shape index (κ2) is 7.15. The molecule has 0 bridgehead atoms. The van der Waals surface area contributed by atoms with E-state index < -0.39 is 0 Å². The molecule has 2 amide bonds. The van der Waals surface area contributed by atoms with Gasteiger partial charge in [0.25, 0.3) is 0 Å². The van der Waals surface area contributed by atoms with Crippen molar-refractivity contribution in [2.45, 2.75) is 5.92 Å². The number of aromatic amines is 1. The van der Waals surface area contributed by atoms with Crippen molar-refractivity contribution < 1.29 is 4.79 Å². The second-order valence-corrected chi connectivity index (χ2v) is 6.22. The molecule has 2 heterocycles. The standard InChI is InChI=1S/C18H19N3OS/c1-2-9-19-18(22)21-12-15(17-8-5-10-23-17)14-11-20-16-7-4-3-6-13(14)16/h2-8,10-11,15,20H,1,9,12H2,(H2,19,21,22)/t15-/m0/s1. The zero-order valence-corrected chi connectivity index (χ0v) is 13.5. The summed E-state index contributed by atoms with van der Waals surface area (Å²) in [6.07, 6.45) is 3.70. The van der Waals surface area contributed by atoms with Gasteiger partial charge in [0.15, 0.2) is 0 Å². The first-order valence-corrected chi connectivity index (χ1v) is 8.39. The Labute approximate surface area is 139 Å². The van der Waals surface area contributed by atoms with Crippen LogP contribution in [0.4, 0.5) is 4.79 Å². The Balaban J connectivity index is 1.85. The number of carbonyl (C=O) groups excluding carboxylic acids is 1. The number of amides is 2. The molecule has 3 rings (SSSR count). The van der Waals surface area contributed by atoms with E-state index in [4.69, 9.17) is 0 Å². The Hall–Kier alpha value is -2.53. The number of thiophene rings is 1. The van der Waals surface area contributed by atoms with Crippen molar-refractivity contribution in [1.29, 1.82) is 0 Å². The van der Waals surface area contributed by atoms with E-state index in [1.54, 1.807) is 17.4 Å². The molecule has 118 valence electrons. The van der Waals surface area contributed by atoms with Crippen LogP contribution in [0.1, 0.15) is 16.4 Å². The molecule has 1 aromatic carbocycles. The first-order chi connectivity index (χ1) is 11.3. The van der Waals surface area contributed by atoms with Crippen molar-refractivity contribution in [1.82, 2.24) is 15.6 Å². The maximum absolute atomic E-state index is 11.8. The maximum atomic E-state index is 11.8. The lowest BCUT2D eigenvalue weighted by Crippen LogP contribution is -2.37. The van der Waals surface area contributed by atoms with E-state index in [0.717, 1.165) is 5.52 Å². The monoisotopic (exact) mass is 325 g/mol. The van der Waals surface area contributed by atoms with Crippen LogP contribution in [0.2, 0.25) is 0 Å². The number of carbonyl (C=O) groups is 1. The van der Waals surface area contributed by atoms with Crippen LogP contribution < -0.4 is 10.6 Å². The fraction of sp³-hybridized carbons (Fsp3) is 0.167. The summed E-state index contributed by atoms with van der Waals surface area (Å²) in [7, 11) is 0. The number of nitrogens with one attached hydrogen (secondary N) is 3. The summed E-state index contributed by atoms with van der Waals surface area (Å²) < 4.78 is 0. The molecular formula is C18H19N3OS. The molecule has 0 radical (unpaired) electrons. The van der Waals surface area contributed by atoms with Crippen molar-refractivity contribution in [3.8, 4) is 0 Å². The number of rotatable bonds is 6. The molecule has 0 aliphatic heterocycles. The van der Waals surface area contributed by atoms with Crippen LogP contribution in [-0.4, -0.2) is 24.1 Å². The van der Waals surface area contributed by atoms with Crippen molar-refractivity contribution in [3.63, 3.8) is 0 Å². The van der Waals surface area contributed by atoms with Gasteiger partial charge in [0, 0.05) is 41.0 Å². The molecule has 3 N–H and O–H groups in total. The number of fused-ring (bicyclic) bond motifs is 1. The van der Waals surface area contributed by atoms with Gasteiger partial charge in [-0.05, 0) is 23.1 Å². The lowest BCUT2D eigenvalue weighted by molar-refractivity contribution is 0.241. The van der Waals surface area contributed by atoms with E-state index in [0.29, 0.717) is 13.1 Å². The van der Waals surface area contributed by atoms with Crippen molar-refractivity contribution in [2.24, 2.45) is 0 Å². The topological polar surface area (TPSA) is 56.9 Å². The molecule has 0 fully saturated rings. The SMILES string of the molecule is C=CCNC(=O)NC[C@H](c1cccs1)c1c[nH]c2ccccc12. The van der Waals surface area contributed by atoms with Crippen LogP contribution in [-0.2, 0) is 0 Å². The fourth-order valence-electron chi connectivity index (χ4n) is 2.66. The first-order valence-electron chi connectivity index (χ1n) is 7.51. The van der Waals surface area contributed by atoms with Crippen LogP contribution in [0.25, 0.3) is 10.9 Å². The van der Waals surface area contributed by atoms with Gasteiger partial charge in [-0.15, -0.1) is 17.9 Å². The number of hydrogen-bond donors (Lipinski definition) is 3. The molecule has 0 spiro atoms. The number of benzene rings is 1. The van der Waals surface area contributed by atoms with Crippen molar-refractivity contribution in [2.75, 3.05) is 13.1 Å². The summed E-state index contributed by atoms with van der Waals surface area (Å²) in [5.74, 6) is 0.126. The van der Waals surface area contributed by atoms with Gasteiger partial charge in [-0.3, -0.25) is 0 Å². The number of H-pyrrole nitrogens is 1. The Kier molecular flexibility index (Phi) is 4.78. The summed E-state index contributed by atoms with van der Waals surface area (Å²) in [5.41, 5.74) is 2.31. The van der Waals surface area contributed by atoms with Crippen LogP contribution in [0, 0.1) is 0 Å². The van der Waals surface area contributed by atoms with E-state index in [-0.39, 0.29) is 11.9 Å². The van der Waals surface area contributed by atoms with Gasteiger partial charge in [0.05, 0.1) is 0 Å². The van der Waals surface area contributed by atoms with Gasteiger partial charge < -0.3 is 15.6 Å². The fourth-order valence-corrected chi connectivity index (χ4v) is 3.50. The predicted octanol–water partition coefficient (Wildman–Crippen LogP) is 3.85. The molecule has 0 aliphatic carbocycles. The Morgan fingerprint density at radius 2 is 2.13 bits per heavy atom. The molecule has 4 nitrogen and oxygen atoms in total. The maximum Gasteiger partial charge on any atom is 0.315 e. The highest BCUT2D eigenvalue weighted by atomic mass is 32.1. The van der Waals surface area contributed by atoms with Gasteiger partial charge in [-0.1, -0.05) is 30.3 Å². The lowest BCUT2D eigenvalue weighted by Gasteiger charge is -2.16. The average molecular weight is 325 g/mol. The van der Waals surface area contributed by atoms with Crippen LogP contribution in [0.3, 0.4) is 0 Å². The molecule has 1 atom stereocenters. The average Bonchev–Trinajstić information content (AvgIpc) is 3.24. The quantitative estimate of drug-likeness (QED) is 0.592. The van der Waals surface area contributed by atoms with Crippen molar-refractivity contribution in [3.05, 3.63) is 71.1 Å². The van der Waals surface area contributed by atoms with Gasteiger partial charge in [-0.2, -0.15) is 0 Å². The normalized spacial score (nSPS) is 12.0. The zero-order valence-electron chi connectivity index (χ0n) is 12.7. The summed E-state index contributed by atoms with van der Waals surface area (Å²) in [6, 6.07) is 12.2. The summed E-state index contributed by atoms with van der Waals surface area (Å²) in [5, 5.41) is 8.95. The van der Waals surface area contributed by atoms with Gasteiger partial charge in [0.1, 0.15) is 0 Å². The van der Waals surface area contributed by atoms with Crippen molar-refractivity contribution >= 4 is 28.3 Å². The summed E-state index contributed by atoms with van der Waals surface area (Å²) in [4.78, 5) is 16.4. The van der Waals surface area contributed by atoms with E-state index in [1.807, 2.05) is 24.4 Å². The molecule has 3 aromatic rings. The molecule has 0 unspecified atom stereocenters. The molecular weight excluding hydrogens is 306 g/mol. The highest BCUT2D eigenvalue weighted by Gasteiger charge is 2.19. The third kappa shape index (κ3) is 3.46. The molecule has 2 aromatic heterocycles. The van der Waals surface area contributed by atoms with Crippen LogP contribution >= 0.6 is 11.3 Å². The van der Waals surface area contributed by atoms with Crippen LogP contribution in [0.5, 0.6) is 0 Å². The molecule has 0 aliphatic rings. The third-order valence-electron chi connectivity index (χ3n) is 3.76. The Morgan fingerprint density at radius 1 is 1.26 bits per heavy atom. The minimum atomic E-state index is -0.175. The predicted molar refractivity (Wildman–Crippen MR) is 96.1 cm³/mol. The first kappa shape index (κ1) is 15.4. The second-order valence-electron chi connectivity index (χ2n) is 5.24. The lowest BCUT2D eigenvalue weighted by atomic mass is 9.97. The Morgan fingerprint density at radius 3 is 2.91 bits per heavy atom. The molecule has 23 heavy (non-hydrogen) atoms. The van der Waals surface area contributed by atoms with E-state index >= 15 is 0 Å². The molecule has 0 saturated heterocycles. The number of hydrogen-bond acceptors (Lipinski definition) is 2. The Bertz CT molecular complexity index is 792. The molecule has 5 heteroatoms. The van der Waals surface area contributed by atoms with Gasteiger partial charge >= 0.3 is 6.03 Å². The van der Waals surface area contributed by atoms with Gasteiger partial charge in [0.2, 0.25) is 0 Å². The van der Waals surface area contributed by atoms with Gasteiger partial charge in [-0.25, -0.2) is 4.79 Å². The molecule has 0 saturated carbocycles. The summed E-state index contributed by atoms with van der Waals surface area (Å²) >= 11 is 1.71. The minimum absolute atomic E-state index is 0.126. The van der Waals surface area contributed by atoms with Crippen LogP contribution in [0.15, 0.2) is 60.6 Å². The van der Waals surface area contributed by atoms with E-state index in [1.165, 1.54) is 15.8 Å².